The van der Waals surface area contributed by atoms with Crippen molar-refractivity contribution in [2.24, 2.45) is 5.92 Å². The van der Waals surface area contributed by atoms with Gasteiger partial charge in [0.15, 0.2) is 0 Å². The molecule has 0 aliphatic carbocycles. The van der Waals surface area contributed by atoms with Crippen molar-refractivity contribution in [2.45, 2.75) is 38.8 Å². The zero-order valence-electron chi connectivity index (χ0n) is 15.3. The summed E-state index contributed by atoms with van der Waals surface area (Å²) in [5.74, 6) is 0.601. The van der Waals surface area contributed by atoms with Crippen LogP contribution in [-0.4, -0.2) is 78.8 Å². The van der Waals surface area contributed by atoms with E-state index in [-0.39, 0.29) is 18.1 Å². The standard InChI is InChI=1S/C19H29N3O3/c1-13-10-16(14(2)20-13)19(23)22-11-15-4-3-7-25-18(15)17(12-22)21-5-8-24-9-6-21/h10,15,17-18,20H,3-9,11-12H2,1-2H3/t15-,17+,18-/m0/s1. The summed E-state index contributed by atoms with van der Waals surface area (Å²) in [6, 6.07) is 2.26. The third-order valence-electron chi connectivity index (χ3n) is 5.92. The number of morpholine rings is 1. The number of ether oxygens (including phenoxy) is 2. The SMILES string of the molecule is Cc1cc(C(=O)N2C[C@@H]3CCCO[C@@H]3[C@H](N3CCOCC3)C2)c(C)[nH]1. The number of likely N-dealkylation sites (tertiary alicyclic amines) is 1. The fourth-order valence-electron chi connectivity index (χ4n) is 4.69. The fourth-order valence-corrected chi connectivity index (χ4v) is 4.69. The molecule has 0 spiro atoms. The molecular weight excluding hydrogens is 318 g/mol. The third kappa shape index (κ3) is 3.35. The summed E-state index contributed by atoms with van der Waals surface area (Å²) >= 11 is 0. The van der Waals surface area contributed by atoms with Crippen molar-refractivity contribution in [3.8, 4) is 0 Å². The maximum atomic E-state index is 13.2. The molecule has 138 valence electrons. The maximum absolute atomic E-state index is 13.2. The van der Waals surface area contributed by atoms with Gasteiger partial charge in [-0.15, -0.1) is 0 Å². The van der Waals surface area contributed by atoms with Crippen molar-refractivity contribution in [2.75, 3.05) is 46.0 Å². The highest BCUT2D eigenvalue weighted by atomic mass is 16.5. The maximum Gasteiger partial charge on any atom is 0.255 e. The average molecular weight is 347 g/mol. The molecule has 1 N–H and O–H groups in total. The molecule has 3 aliphatic rings. The topological polar surface area (TPSA) is 57.8 Å². The number of aryl methyl sites for hydroxylation is 2. The van der Waals surface area contributed by atoms with Crippen molar-refractivity contribution in [3.05, 3.63) is 23.0 Å². The average Bonchev–Trinajstić information content (AvgIpc) is 2.99. The Balaban J connectivity index is 1.56. The number of amides is 1. The number of fused-ring (bicyclic) bond motifs is 1. The normalized spacial score (nSPS) is 31.0. The second-order valence-corrected chi connectivity index (χ2v) is 7.65. The van der Waals surface area contributed by atoms with Gasteiger partial charge in [0.1, 0.15) is 0 Å². The van der Waals surface area contributed by atoms with E-state index in [1.807, 2.05) is 19.9 Å². The molecular formula is C19H29N3O3. The predicted molar refractivity (Wildman–Crippen MR) is 94.8 cm³/mol. The largest absolute Gasteiger partial charge is 0.379 e. The quantitative estimate of drug-likeness (QED) is 0.883. The molecule has 0 aromatic carbocycles. The monoisotopic (exact) mass is 347 g/mol. The van der Waals surface area contributed by atoms with E-state index >= 15 is 0 Å². The van der Waals surface area contributed by atoms with Crippen molar-refractivity contribution >= 4 is 5.91 Å². The van der Waals surface area contributed by atoms with Crippen molar-refractivity contribution in [1.82, 2.24) is 14.8 Å². The highest BCUT2D eigenvalue weighted by Crippen LogP contribution is 2.32. The van der Waals surface area contributed by atoms with Crippen LogP contribution in [0.1, 0.15) is 34.6 Å². The first-order valence-corrected chi connectivity index (χ1v) is 9.52. The molecule has 0 saturated carbocycles. The molecule has 0 bridgehead atoms. The van der Waals surface area contributed by atoms with Gasteiger partial charge in [-0.1, -0.05) is 0 Å². The first kappa shape index (κ1) is 17.1. The van der Waals surface area contributed by atoms with Gasteiger partial charge in [0.2, 0.25) is 0 Å². The Labute approximate surface area is 149 Å². The summed E-state index contributed by atoms with van der Waals surface area (Å²) in [4.78, 5) is 21.0. The number of H-pyrrole nitrogens is 1. The molecule has 1 aromatic heterocycles. The summed E-state index contributed by atoms with van der Waals surface area (Å²) < 4.78 is 11.7. The van der Waals surface area contributed by atoms with Gasteiger partial charge in [-0.05, 0) is 32.8 Å². The van der Waals surface area contributed by atoms with E-state index < -0.39 is 0 Å². The van der Waals surface area contributed by atoms with Crippen LogP contribution in [0.25, 0.3) is 0 Å². The lowest BCUT2D eigenvalue weighted by atomic mass is 9.84. The third-order valence-corrected chi connectivity index (χ3v) is 5.92. The second-order valence-electron chi connectivity index (χ2n) is 7.65. The minimum atomic E-state index is 0.157. The Kier molecular flexibility index (Phi) is 4.84. The fraction of sp³-hybridized carbons (Fsp3) is 0.737. The van der Waals surface area contributed by atoms with E-state index in [1.165, 1.54) is 0 Å². The van der Waals surface area contributed by atoms with Crippen LogP contribution in [0.3, 0.4) is 0 Å². The molecule has 3 aliphatic heterocycles. The molecule has 3 saturated heterocycles. The molecule has 25 heavy (non-hydrogen) atoms. The number of piperidine rings is 1. The smallest absolute Gasteiger partial charge is 0.255 e. The van der Waals surface area contributed by atoms with Crippen LogP contribution in [0.2, 0.25) is 0 Å². The first-order valence-electron chi connectivity index (χ1n) is 9.52. The van der Waals surface area contributed by atoms with E-state index in [2.05, 4.69) is 14.8 Å². The van der Waals surface area contributed by atoms with Gasteiger partial charge >= 0.3 is 0 Å². The summed E-state index contributed by atoms with van der Waals surface area (Å²) in [7, 11) is 0. The highest BCUT2D eigenvalue weighted by molar-refractivity contribution is 5.95. The lowest BCUT2D eigenvalue weighted by Gasteiger charge is -2.50. The van der Waals surface area contributed by atoms with Crippen LogP contribution < -0.4 is 0 Å². The number of aromatic nitrogens is 1. The summed E-state index contributed by atoms with van der Waals surface area (Å²) in [6.07, 6.45) is 2.51. The molecule has 6 nitrogen and oxygen atoms in total. The number of rotatable bonds is 2. The van der Waals surface area contributed by atoms with Crippen LogP contribution in [0, 0.1) is 19.8 Å². The minimum Gasteiger partial charge on any atom is -0.379 e. The summed E-state index contributed by atoms with van der Waals surface area (Å²) in [6.45, 7) is 9.82. The number of hydrogen-bond acceptors (Lipinski definition) is 4. The molecule has 4 rings (SSSR count). The van der Waals surface area contributed by atoms with E-state index in [0.717, 1.165) is 75.8 Å². The number of carbonyl (C=O) groups excluding carboxylic acids is 1. The van der Waals surface area contributed by atoms with Gasteiger partial charge in [-0.2, -0.15) is 0 Å². The number of hydrogen-bond donors (Lipinski definition) is 1. The zero-order chi connectivity index (χ0) is 17.4. The molecule has 0 unspecified atom stereocenters. The Morgan fingerprint density at radius 2 is 2.00 bits per heavy atom. The number of aromatic amines is 1. The number of nitrogens with one attached hydrogen (secondary N) is 1. The molecule has 3 atom stereocenters. The highest BCUT2D eigenvalue weighted by Gasteiger charge is 2.43. The van der Waals surface area contributed by atoms with E-state index in [4.69, 9.17) is 9.47 Å². The van der Waals surface area contributed by atoms with Crippen LogP contribution in [0.5, 0.6) is 0 Å². The Bertz CT molecular complexity index is 623. The van der Waals surface area contributed by atoms with E-state index in [1.54, 1.807) is 0 Å². The van der Waals surface area contributed by atoms with Gasteiger partial charge < -0.3 is 19.4 Å². The van der Waals surface area contributed by atoms with Crippen molar-refractivity contribution in [1.29, 1.82) is 0 Å². The van der Waals surface area contributed by atoms with Gasteiger partial charge in [0, 0.05) is 50.1 Å². The Morgan fingerprint density at radius 3 is 2.72 bits per heavy atom. The number of nitrogens with zero attached hydrogens (tertiary/aromatic N) is 2. The predicted octanol–water partition coefficient (Wildman–Crippen LogP) is 1.58. The van der Waals surface area contributed by atoms with Crippen LogP contribution in [0.15, 0.2) is 6.07 Å². The van der Waals surface area contributed by atoms with Crippen LogP contribution >= 0.6 is 0 Å². The molecule has 6 heteroatoms. The zero-order valence-corrected chi connectivity index (χ0v) is 15.3. The van der Waals surface area contributed by atoms with Gasteiger partial charge in [-0.25, -0.2) is 0 Å². The molecule has 4 heterocycles. The first-order chi connectivity index (χ1) is 12.1. The van der Waals surface area contributed by atoms with Crippen molar-refractivity contribution < 1.29 is 14.3 Å². The van der Waals surface area contributed by atoms with Crippen molar-refractivity contribution in [3.63, 3.8) is 0 Å². The van der Waals surface area contributed by atoms with E-state index in [9.17, 15) is 4.79 Å². The Morgan fingerprint density at radius 1 is 1.20 bits per heavy atom. The number of carbonyl (C=O) groups is 1. The van der Waals surface area contributed by atoms with E-state index in [0.29, 0.717) is 5.92 Å². The summed E-state index contributed by atoms with van der Waals surface area (Å²) in [5.41, 5.74) is 2.82. The molecule has 3 fully saturated rings. The van der Waals surface area contributed by atoms with Crippen LogP contribution in [0.4, 0.5) is 0 Å². The lowest BCUT2D eigenvalue weighted by molar-refractivity contribution is -0.121. The minimum absolute atomic E-state index is 0.157. The lowest BCUT2D eigenvalue weighted by Crippen LogP contribution is -2.63. The Hall–Kier alpha value is -1.37. The van der Waals surface area contributed by atoms with Gasteiger partial charge in [0.25, 0.3) is 5.91 Å². The van der Waals surface area contributed by atoms with Gasteiger partial charge in [-0.3, -0.25) is 9.69 Å². The molecule has 0 radical (unpaired) electrons. The second kappa shape index (κ2) is 7.09. The summed E-state index contributed by atoms with van der Waals surface area (Å²) in [5, 5.41) is 0. The van der Waals surface area contributed by atoms with Gasteiger partial charge in [0.05, 0.1) is 30.9 Å². The molecule has 1 amide bonds. The molecule has 1 aromatic rings. The van der Waals surface area contributed by atoms with Crippen LogP contribution in [-0.2, 0) is 9.47 Å².